The molecular formula is C24H33ClO9. The van der Waals surface area contributed by atoms with Crippen LogP contribution in [0, 0.1) is 0 Å². The Balaban J connectivity index is 0.000000604. The lowest BCUT2D eigenvalue weighted by molar-refractivity contribution is -0.231. The van der Waals surface area contributed by atoms with Gasteiger partial charge in [-0.2, -0.15) is 0 Å². The molecule has 2 aromatic rings. The highest BCUT2D eigenvalue weighted by molar-refractivity contribution is 6.31. The number of rotatable bonds is 8. The number of aliphatic hydroxyl groups excluding tert-OH is 7. The standard InChI is InChI=1S/C21H25ClO6.C3H8O3/c1-2-27-15-6-3-12(4-7-15)9-14-10-13(5-8-16(14)22)21-20(26)19(25)18(24)17(11-23)28-21;4-1-3(6)2-5/h3-8,10,17-21,23-26H,2,9,11H2,1H3;3-6H,1-2H2/t17-,18-,19+,20-,21?;/m1./s1. The van der Waals surface area contributed by atoms with Gasteiger partial charge in [-0.1, -0.05) is 35.9 Å². The zero-order valence-corrected chi connectivity index (χ0v) is 19.6. The van der Waals surface area contributed by atoms with Crippen LogP contribution in [0.4, 0.5) is 0 Å². The fraction of sp³-hybridized carbons (Fsp3) is 0.500. The van der Waals surface area contributed by atoms with Crippen LogP contribution < -0.4 is 4.74 Å². The van der Waals surface area contributed by atoms with Gasteiger partial charge >= 0.3 is 0 Å². The van der Waals surface area contributed by atoms with Crippen molar-refractivity contribution in [3.63, 3.8) is 0 Å². The van der Waals surface area contributed by atoms with Gasteiger partial charge in [0, 0.05) is 5.02 Å². The predicted molar refractivity (Wildman–Crippen MR) is 125 cm³/mol. The molecular weight excluding hydrogens is 468 g/mol. The lowest BCUT2D eigenvalue weighted by atomic mass is 9.90. The van der Waals surface area contributed by atoms with Crippen molar-refractivity contribution in [3.8, 4) is 5.75 Å². The van der Waals surface area contributed by atoms with Gasteiger partial charge in [-0.15, -0.1) is 0 Å². The van der Waals surface area contributed by atoms with E-state index in [1.807, 2.05) is 37.3 Å². The molecule has 9 nitrogen and oxygen atoms in total. The Bertz CT molecular complexity index is 858. The number of hydrogen-bond acceptors (Lipinski definition) is 9. The lowest BCUT2D eigenvalue weighted by Crippen LogP contribution is -2.55. The Kier molecular flexibility index (Phi) is 11.7. The zero-order valence-electron chi connectivity index (χ0n) is 18.9. The van der Waals surface area contributed by atoms with E-state index < -0.39 is 43.2 Å². The number of halogens is 1. The summed E-state index contributed by atoms with van der Waals surface area (Å²) >= 11 is 6.35. The molecule has 10 heteroatoms. The van der Waals surface area contributed by atoms with Gasteiger partial charge in [0.15, 0.2) is 0 Å². The third kappa shape index (κ3) is 7.61. The molecule has 2 aromatic carbocycles. The van der Waals surface area contributed by atoms with Gasteiger partial charge in [0.1, 0.15) is 42.4 Å². The highest BCUT2D eigenvalue weighted by atomic mass is 35.5. The number of aliphatic hydroxyl groups is 7. The third-order valence-electron chi connectivity index (χ3n) is 5.34. The Morgan fingerprint density at radius 3 is 2.12 bits per heavy atom. The van der Waals surface area contributed by atoms with Gasteiger partial charge in [0.05, 0.1) is 26.4 Å². The molecule has 1 aliphatic rings. The number of ether oxygens (including phenoxy) is 2. The second-order valence-electron chi connectivity index (χ2n) is 7.87. The first-order valence-electron chi connectivity index (χ1n) is 11.0. The van der Waals surface area contributed by atoms with E-state index in [0.717, 1.165) is 16.9 Å². The summed E-state index contributed by atoms with van der Waals surface area (Å²) in [6, 6.07) is 12.9. The topological polar surface area (TPSA) is 160 Å². The van der Waals surface area contributed by atoms with Crippen molar-refractivity contribution < 1.29 is 45.2 Å². The van der Waals surface area contributed by atoms with Gasteiger partial charge in [-0.05, 0) is 48.2 Å². The van der Waals surface area contributed by atoms with Crippen LogP contribution in [0.3, 0.4) is 0 Å². The Morgan fingerprint density at radius 2 is 1.59 bits per heavy atom. The molecule has 0 aromatic heterocycles. The van der Waals surface area contributed by atoms with E-state index in [-0.39, 0.29) is 13.2 Å². The minimum Gasteiger partial charge on any atom is -0.494 e. The molecule has 3 rings (SSSR count). The zero-order chi connectivity index (χ0) is 25.3. The van der Waals surface area contributed by atoms with Crippen LogP contribution >= 0.6 is 11.6 Å². The maximum atomic E-state index is 10.3. The molecule has 190 valence electrons. The first-order valence-corrected chi connectivity index (χ1v) is 11.3. The molecule has 0 saturated carbocycles. The fourth-order valence-electron chi connectivity index (χ4n) is 3.43. The summed E-state index contributed by atoms with van der Waals surface area (Å²) in [6.45, 7) is 1.34. The monoisotopic (exact) mass is 500 g/mol. The Labute approximate surface area is 203 Å². The first kappa shape index (κ1) is 28.4. The van der Waals surface area contributed by atoms with Crippen LogP contribution in [-0.2, 0) is 11.2 Å². The second-order valence-corrected chi connectivity index (χ2v) is 8.28. The van der Waals surface area contributed by atoms with E-state index >= 15 is 0 Å². The first-order chi connectivity index (χ1) is 16.2. The van der Waals surface area contributed by atoms with E-state index in [1.165, 1.54) is 0 Å². The summed E-state index contributed by atoms with van der Waals surface area (Å²) in [7, 11) is 0. The number of hydrogen-bond donors (Lipinski definition) is 7. The normalized spacial score (nSPS) is 24.5. The SMILES string of the molecule is CCOc1ccc(Cc2cc(C3O[C@H](CO)[C@@H](O)[C@H](O)[C@H]3O)ccc2Cl)cc1.OCC(O)CO. The molecule has 0 amide bonds. The van der Waals surface area contributed by atoms with Crippen LogP contribution in [0.15, 0.2) is 42.5 Å². The summed E-state index contributed by atoms with van der Waals surface area (Å²) in [5.41, 5.74) is 2.49. The molecule has 5 atom stereocenters. The molecule has 1 aliphatic heterocycles. The number of benzene rings is 2. The molecule has 34 heavy (non-hydrogen) atoms. The summed E-state index contributed by atoms with van der Waals surface area (Å²) in [6.07, 6.45) is -6.34. The van der Waals surface area contributed by atoms with Gasteiger partial charge in [-0.3, -0.25) is 0 Å². The van der Waals surface area contributed by atoms with Crippen LogP contribution in [0.5, 0.6) is 5.75 Å². The quantitative estimate of drug-likeness (QED) is 0.268. The molecule has 0 radical (unpaired) electrons. The van der Waals surface area contributed by atoms with E-state index in [0.29, 0.717) is 23.6 Å². The van der Waals surface area contributed by atoms with E-state index in [4.69, 9.17) is 36.4 Å². The summed E-state index contributed by atoms with van der Waals surface area (Å²) < 4.78 is 11.1. The van der Waals surface area contributed by atoms with E-state index in [2.05, 4.69) is 0 Å². The van der Waals surface area contributed by atoms with Gasteiger partial charge in [-0.25, -0.2) is 0 Å². The Morgan fingerprint density at radius 1 is 0.941 bits per heavy atom. The van der Waals surface area contributed by atoms with E-state index in [1.54, 1.807) is 12.1 Å². The molecule has 0 spiro atoms. The molecule has 1 fully saturated rings. The average molecular weight is 501 g/mol. The Hall–Kier alpha value is -1.79. The summed E-state index contributed by atoms with van der Waals surface area (Å²) in [5, 5.41) is 64.3. The highest BCUT2D eigenvalue weighted by Crippen LogP contribution is 2.34. The molecule has 1 unspecified atom stereocenters. The van der Waals surface area contributed by atoms with Crippen molar-refractivity contribution in [2.24, 2.45) is 0 Å². The fourth-order valence-corrected chi connectivity index (χ4v) is 3.62. The van der Waals surface area contributed by atoms with Gasteiger partial charge in [0.2, 0.25) is 0 Å². The van der Waals surface area contributed by atoms with Crippen molar-refractivity contribution in [2.75, 3.05) is 26.4 Å². The van der Waals surface area contributed by atoms with E-state index in [9.17, 15) is 20.4 Å². The lowest BCUT2D eigenvalue weighted by Gasteiger charge is -2.40. The molecule has 1 saturated heterocycles. The van der Waals surface area contributed by atoms with Crippen LogP contribution in [-0.4, -0.2) is 92.7 Å². The summed E-state index contributed by atoms with van der Waals surface area (Å²) in [5.74, 6) is 0.799. The predicted octanol–water partition coefficient (Wildman–Crippen LogP) is 0.176. The van der Waals surface area contributed by atoms with Gasteiger partial charge < -0.3 is 45.2 Å². The highest BCUT2D eigenvalue weighted by Gasteiger charge is 2.44. The van der Waals surface area contributed by atoms with Crippen molar-refractivity contribution in [3.05, 3.63) is 64.2 Å². The molecule has 1 heterocycles. The summed E-state index contributed by atoms with van der Waals surface area (Å²) in [4.78, 5) is 0. The maximum Gasteiger partial charge on any atom is 0.119 e. The second kappa shape index (κ2) is 13.9. The maximum absolute atomic E-state index is 10.3. The van der Waals surface area contributed by atoms with Crippen molar-refractivity contribution in [1.29, 1.82) is 0 Å². The average Bonchev–Trinajstić information content (AvgIpc) is 2.85. The van der Waals surface area contributed by atoms with Crippen LogP contribution in [0.1, 0.15) is 29.7 Å². The minimum absolute atomic E-state index is 0.365. The molecule has 0 aliphatic carbocycles. The van der Waals surface area contributed by atoms with Crippen LogP contribution in [0.25, 0.3) is 0 Å². The van der Waals surface area contributed by atoms with Gasteiger partial charge in [0.25, 0.3) is 0 Å². The van der Waals surface area contributed by atoms with Crippen molar-refractivity contribution >= 4 is 11.6 Å². The smallest absolute Gasteiger partial charge is 0.119 e. The van der Waals surface area contributed by atoms with Crippen molar-refractivity contribution in [1.82, 2.24) is 0 Å². The molecule has 7 N–H and O–H groups in total. The van der Waals surface area contributed by atoms with Crippen LogP contribution in [0.2, 0.25) is 5.02 Å². The molecule has 0 bridgehead atoms. The largest absolute Gasteiger partial charge is 0.494 e. The minimum atomic E-state index is -1.42. The van der Waals surface area contributed by atoms with Crippen molar-refractivity contribution in [2.45, 2.75) is 50.0 Å². The third-order valence-corrected chi connectivity index (χ3v) is 5.71.